The number of anilines is 1. The zero-order valence-electron chi connectivity index (χ0n) is 12.9. The zero-order valence-corrected chi connectivity index (χ0v) is 12.9. The Morgan fingerprint density at radius 3 is 2.60 bits per heavy atom. The molecule has 0 spiro atoms. The summed E-state index contributed by atoms with van der Waals surface area (Å²) in [5.41, 5.74) is 0.719. The normalized spacial score (nSPS) is 11.8. The van der Waals surface area contributed by atoms with E-state index >= 15 is 0 Å². The second-order valence-electron chi connectivity index (χ2n) is 5.33. The number of alkyl halides is 3. The standard InChI is InChI=1S/C19H13F3N2O/c20-19(21,22)15-7-1-4-13(12-15)9-10-17(25)24-16-8-2-5-14-6-3-11-23-18(14)16/h1-12H,(H,24,25). The number of halogens is 3. The summed E-state index contributed by atoms with van der Waals surface area (Å²) in [4.78, 5) is 16.3. The molecular formula is C19H13F3N2O. The number of amides is 1. The van der Waals surface area contributed by atoms with Crippen LogP contribution in [0.4, 0.5) is 18.9 Å². The van der Waals surface area contributed by atoms with Crippen LogP contribution < -0.4 is 5.32 Å². The number of nitrogens with one attached hydrogen (secondary N) is 1. The van der Waals surface area contributed by atoms with E-state index in [2.05, 4.69) is 10.3 Å². The number of pyridine rings is 1. The molecule has 3 nitrogen and oxygen atoms in total. The van der Waals surface area contributed by atoms with Crippen LogP contribution in [0.25, 0.3) is 17.0 Å². The molecule has 3 aromatic rings. The van der Waals surface area contributed by atoms with Crippen LogP contribution in [0.1, 0.15) is 11.1 Å². The summed E-state index contributed by atoms with van der Waals surface area (Å²) in [6, 6.07) is 13.8. The molecule has 0 atom stereocenters. The van der Waals surface area contributed by atoms with E-state index in [1.807, 2.05) is 12.1 Å². The monoisotopic (exact) mass is 342 g/mol. The van der Waals surface area contributed by atoms with E-state index in [0.717, 1.165) is 17.5 Å². The van der Waals surface area contributed by atoms with Crippen LogP contribution in [0.2, 0.25) is 0 Å². The van der Waals surface area contributed by atoms with Crippen molar-refractivity contribution in [1.29, 1.82) is 0 Å². The van der Waals surface area contributed by atoms with Crippen molar-refractivity contribution in [3.05, 3.63) is 78.0 Å². The minimum Gasteiger partial charge on any atom is -0.321 e. The molecule has 126 valence electrons. The molecule has 0 saturated heterocycles. The van der Waals surface area contributed by atoms with Crippen LogP contribution in [-0.4, -0.2) is 10.9 Å². The van der Waals surface area contributed by atoms with Gasteiger partial charge in [-0.3, -0.25) is 9.78 Å². The third-order valence-corrected chi connectivity index (χ3v) is 3.53. The van der Waals surface area contributed by atoms with Gasteiger partial charge < -0.3 is 5.32 Å². The molecule has 6 heteroatoms. The highest BCUT2D eigenvalue weighted by Crippen LogP contribution is 2.29. The van der Waals surface area contributed by atoms with Crippen molar-refractivity contribution in [1.82, 2.24) is 4.98 Å². The number of para-hydroxylation sites is 1. The van der Waals surface area contributed by atoms with Crippen molar-refractivity contribution in [2.75, 3.05) is 5.32 Å². The quantitative estimate of drug-likeness (QED) is 0.688. The SMILES string of the molecule is O=C(C=Cc1cccc(C(F)(F)F)c1)Nc1cccc2cccnc12. The lowest BCUT2D eigenvalue weighted by Crippen LogP contribution is -2.08. The van der Waals surface area contributed by atoms with E-state index < -0.39 is 17.6 Å². The minimum atomic E-state index is -4.42. The van der Waals surface area contributed by atoms with E-state index in [0.29, 0.717) is 16.8 Å². The Labute approximate surface area is 141 Å². The maximum atomic E-state index is 12.7. The van der Waals surface area contributed by atoms with Crippen molar-refractivity contribution in [3.8, 4) is 0 Å². The average molecular weight is 342 g/mol. The van der Waals surface area contributed by atoms with Gasteiger partial charge in [-0.15, -0.1) is 0 Å². The summed E-state index contributed by atoms with van der Waals surface area (Å²) in [5, 5.41) is 3.57. The third-order valence-electron chi connectivity index (χ3n) is 3.53. The number of carbonyl (C=O) groups is 1. The summed E-state index contributed by atoms with van der Waals surface area (Å²) in [6.45, 7) is 0. The fraction of sp³-hybridized carbons (Fsp3) is 0.0526. The lowest BCUT2D eigenvalue weighted by atomic mass is 10.1. The third kappa shape index (κ3) is 4.03. The van der Waals surface area contributed by atoms with E-state index in [1.54, 1.807) is 24.4 Å². The lowest BCUT2D eigenvalue weighted by Gasteiger charge is -2.07. The van der Waals surface area contributed by atoms with Crippen LogP contribution in [-0.2, 0) is 11.0 Å². The van der Waals surface area contributed by atoms with Gasteiger partial charge in [-0.2, -0.15) is 13.2 Å². The molecule has 0 aliphatic rings. The van der Waals surface area contributed by atoms with Gasteiger partial charge in [0.2, 0.25) is 5.91 Å². The van der Waals surface area contributed by atoms with E-state index in [4.69, 9.17) is 0 Å². The van der Waals surface area contributed by atoms with Crippen LogP contribution in [0.15, 0.2) is 66.9 Å². The smallest absolute Gasteiger partial charge is 0.321 e. The van der Waals surface area contributed by atoms with Crippen molar-refractivity contribution in [2.45, 2.75) is 6.18 Å². The average Bonchev–Trinajstić information content (AvgIpc) is 2.60. The van der Waals surface area contributed by atoms with Gasteiger partial charge >= 0.3 is 6.18 Å². The molecule has 0 saturated carbocycles. The minimum absolute atomic E-state index is 0.293. The van der Waals surface area contributed by atoms with Crippen LogP contribution in [0, 0.1) is 0 Å². The number of aromatic nitrogens is 1. The number of benzene rings is 2. The predicted octanol–water partition coefficient (Wildman–Crippen LogP) is 4.91. The predicted molar refractivity (Wildman–Crippen MR) is 90.9 cm³/mol. The molecule has 25 heavy (non-hydrogen) atoms. The van der Waals surface area contributed by atoms with E-state index in [1.165, 1.54) is 24.3 Å². The fourth-order valence-electron chi connectivity index (χ4n) is 2.37. The topological polar surface area (TPSA) is 42.0 Å². The van der Waals surface area contributed by atoms with Crippen molar-refractivity contribution >= 4 is 28.6 Å². The number of fused-ring (bicyclic) bond motifs is 1. The first kappa shape index (κ1) is 16.7. The highest BCUT2D eigenvalue weighted by atomic mass is 19.4. The molecule has 1 N–H and O–H groups in total. The molecule has 1 heterocycles. The van der Waals surface area contributed by atoms with Crippen molar-refractivity contribution in [2.24, 2.45) is 0 Å². The lowest BCUT2D eigenvalue weighted by molar-refractivity contribution is -0.137. The van der Waals surface area contributed by atoms with E-state index in [9.17, 15) is 18.0 Å². The van der Waals surface area contributed by atoms with Gasteiger partial charge in [-0.05, 0) is 35.9 Å². The highest BCUT2D eigenvalue weighted by Gasteiger charge is 2.30. The Morgan fingerprint density at radius 2 is 1.80 bits per heavy atom. The Hall–Kier alpha value is -3.15. The maximum Gasteiger partial charge on any atom is 0.416 e. The van der Waals surface area contributed by atoms with Crippen molar-refractivity contribution in [3.63, 3.8) is 0 Å². The summed E-state index contributed by atoms with van der Waals surface area (Å²) >= 11 is 0. The molecule has 0 aliphatic heterocycles. The van der Waals surface area contributed by atoms with Crippen LogP contribution >= 0.6 is 0 Å². The molecule has 1 amide bonds. The molecule has 0 fully saturated rings. The van der Waals surface area contributed by atoms with Gasteiger partial charge in [0.05, 0.1) is 16.8 Å². The second-order valence-corrected chi connectivity index (χ2v) is 5.33. The van der Waals surface area contributed by atoms with Gasteiger partial charge in [0, 0.05) is 17.7 Å². The number of rotatable bonds is 3. The molecular weight excluding hydrogens is 329 g/mol. The van der Waals surface area contributed by atoms with Gasteiger partial charge in [-0.1, -0.05) is 30.3 Å². The first-order valence-corrected chi connectivity index (χ1v) is 7.43. The molecule has 0 bridgehead atoms. The van der Waals surface area contributed by atoms with Crippen LogP contribution in [0.3, 0.4) is 0 Å². The highest BCUT2D eigenvalue weighted by molar-refractivity contribution is 6.06. The van der Waals surface area contributed by atoms with Crippen LogP contribution in [0.5, 0.6) is 0 Å². The number of carbonyl (C=O) groups excluding carboxylic acids is 1. The van der Waals surface area contributed by atoms with Gasteiger partial charge in [-0.25, -0.2) is 0 Å². The number of hydrogen-bond donors (Lipinski definition) is 1. The largest absolute Gasteiger partial charge is 0.416 e. The first-order chi connectivity index (χ1) is 11.9. The van der Waals surface area contributed by atoms with E-state index in [-0.39, 0.29) is 0 Å². The molecule has 1 aromatic heterocycles. The summed E-state index contributed by atoms with van der Waals surface area (Å²) in [5.74, 6) is -0.449. The molecule has 0 aliphatic carbocycles. The maximum absolute atomic E-state index is 12.7. The Bertz CT molecular complexity index is 943. The summed E-state index contributed by atoms with van der Waals surface area (Å²) in [6.07, 6.45) is -0.266. The van der Waals surface area contributed by atoms with Gasteiger partial charge in [0.15, 0.2) is 0 Å². The van der Waals surface area contributed by atoms with Gasteiger partial charge in [0.1, 0.15) is 0 Å². The summed E-state index contributed by atoms with van der Waals surface area (Å²) in [7, 11) is 0. The Kier molecular flexibility index (Phi) is 4.52. The zero-order chi connectivity index (χ0) is 17.9. The first-order valence-electron chi connectivity index (χ1n) is 7.43. The fourth-order valence-corrected chi connectivity index (χ4v) is 2.37. The second kappa shape index (κ2) is 6.76. The summed E-state index contributed by atoms with van der Waals surface area (Å²) < 4.78 is 38.1. The molecule has 0 unspecified atom stereocenters. The molecule has 3 rings (SSSR count). The molecule has 0 radical (unpaired) electrons. The molecule has 2 aromatic carbocycles. The Morgan fingerprint density at radius 1 is 1.04 bits per heavy atom. The number of hydrogen-bond acceptors (Lipinski definition) is 2. The Balaban J connectivity index is 1.77. The number of nitrogens with zero attached hydrogens (tertiary/aromatic N) is 1. The van der Waals surface area contributed by atoms with Crippen molar-refractivity contribution < 1.29 is 18.0 Å². The van der Waals surface area contributed by atoms with Gasteiger partial charge in [0.25, 0.3) is 0 Å².